The zero-order valence-electron chi connectivity index (χ0n) is 11.4. The molecule has 0 aliphatic carbocycles. The molecule has 2 aromatic carbocycles. The smallest absolute Gasteiger partial charge is 0.331 e. The van der Waals surface area contributed by atoms with E-state index in [9.17, 15) is 20.1 Å². The van der Waals surface area contributed by atoms with Gasteiger partial charge in [0.15, 0.2) is 11.5 Å². The first-order chi connectivity index (χ1) is 10.1. The van der Waals surface area contributed by atoms with Crippen LogP contribution in [0.5, 0.6) is 11.5 Å². The van der Waals surface area contributed by atoms with Gasteiger partial charge in [0.2, 0.25) is 0 Å². The Morgan fingerprint density at radius 2 is 1.71 bits per heavy atom. The molecule has 0 heterocycles. The maximum absolute atomic E-state index is 11.3. The first-order valence-electron chi connectivity index (χ1n) is 6.56. The van der Waals surface area contributed by atoms with E-state index >= 15 is 0 Å². The number of aromatic hydroxyl groups is 2. The Morgan fingerprint density at radius 1 is 1.00 bits per heavy atom. The summed E-state index contributed by atoms with van der Waals surface area (Å²) in [6, 6.07) is 13.9. The lowest BCUT2D eigenvalue weighted by atomic mass is 10.0. The standard InChI is InChI=1S/C17H16O4/c18-15-9-7-13(11-16(15)19)10-14(17(20)21)8-6-12-4-2-1-3-5-12/h1-5,7,9-11,18-19H,6,8H2,(H,20,21). The number of carboxylic acids is 1. The fourth-order valence-corrected chi connectivity index (χ4v) is 2.00. The molecule has 0 spiro atoms. The van der Waals surface area contributed by atoms with Crippen LogP contribution in [0.25, 0.3) is 6.08 Å². The summed E-state index contributed by atoms with van der Waals surface area (Å²) in [7, 11) is 0. The third-order valence-corrected chi connectivity index (χ3v) is 3.14. The van der Waals surface area contributed by atoms with Crippen molar-refractivity contribution in [1.82, 2.24) is 0 Å². The normalized spacial score (nSPS) is 11.3. The molecule has 0 unspecified atom stereocenters. The van der Waals surface area contributed by atoms with Gasteiger partial charge in [-0.2, -0.15) is 0 Å². The fourth-order valence-electron chi connectivity index (χ4n) is 2.00. The molecular weight excluding hydrogens is 268 g/mol. The highest BCUT2D eigenvalue weighted by molar-refractivity contribution is 5.92. The van der Waals surface area contributed by atoms with Gasteiger partial charge in [-0.3, -0.25) is 0 Å². The highest BCUT2D eigenvalue weighted by atomic mass is 16.4. The maximum Gasteiger partial charge on any atom is 0.331 e. The number of phenols is 2. The van der Waals surface area contributed by atoms with Crippen LogP contribution in [0.1, 0.15) is 17.5 Å². The third kappa shape index (κ3) is 4.11. The highest BCUT2D eigenvalue weighted by Crippen LogP contribution is 2.26. The monoisotopic (exact) mass is 284 g/mol. The second-order valence-electron chi connectivity index (χ2n) is 4.71. The van der Waals surface area contributed by atoms with E-state index in [-0.39, 0.29) is 17.1 Å². The summed E-state index contributed by atoms with van der Waals surface area (Å²) in [6.07, 6.45) is 2.52. The first-order valence-corrected chi connectivity index (χ1v) is 6.56. The van der Waals surface area contributed by atoms with E-state index < -0.39 is 5.97 Å². The molecule has 2 rings (SSSR count). The van der Waals surface area contributed by atoms with E-state index in [1.807, 2.05) is 30.3 Å². The van der Waals surface area contributed by atoms with Gasteiger partial charge in [-0.1, -0.05) is 36.4 Å². The van der Waals surface area contributed by atoms with Crippen LogP contribution in [0.2, 0.25) is 0 Å². The largest absolute Gasteiger partial charge is 0.504 e. The van der Waals surface area contributed by atoms with Crippen LogP contribution < -0.4 is 0 Å². The Hall–Kier alpha value is -2.75. The Bertz CT molecular complexity index is 660. The number of phenolic OH excluding ortho intramolecular Hbond substituents is 2. The number of benzene rings is 2. The fraction of sp³-hybridized carbons (Fsp3) is 0.118. The minimum absolute atomic E-state index is 0.228. The number of hydrogen-bond donors (Lipinski definition) is 3. The van der Waals surface area contributed by atoms with Gasteiger partial charge in [0, 0.05) is 5.57 Å². The Kier molecular flexibility index (Phi) is 4.61. The Labute approximate surface area is 122 Å². The zero-order chi connectivity index (χ0) is 15.2. The van der Waals surface area contributed by atoms with E-state index in [1.165, 1.54) is 18.2 Å². The van der Waals surface area contributed by atoms with Crippen molar-refractivity contribution in [3.8, 4) is 11.5 Å². The second kappa shape index (κ2) is 6.61. The van der Waals surface area contributed by atoms with Gasteiger partial charge >= 0.3 is 5.97 Å². The molecule has 0 saturated heterocycles. The van der Waals surface area contributed by atoms with Gasteiger partial charge in [-0.15, -0.1) is 0 Å². The minimum Gasteiger partial charge on any atom is -0.504 e. The molecule has 0 aliphatic heterocycles. The number of carboxylic acid groups (broad SMARTS) is 1. The lowest BCUT2D eigenvalue weighted by Crippen LogP contribution is -2.02. The number of aliphatic carboxylic acids is 1. The van der Waals surface area contributed by atoms with Crippen molar-refractivity contribution in [2.75, 3.05) is 0 Å². The van der Waals surface area contributed by atoms with Gasteiger partial charge in [-0.25, -0.2) is 4.79 Å². The van der Waals surface area contributed by atoms with Gasteiger partial charge in [0.05, 0.1) is 0 Å². The van der Waals surface area contributed by atoms with Crippen LogP contribution in [0.15, 0.2) is 54.1 Å². The van der Waals surface area contributed by atoms with E-state index in [4.69, 9.17) is 0 Å². The molecule has 0 aromatic heterocycles. The summed E-state index contributed by atoms with van der Waals surface area (Å²) < 4.78 is 0. The van der Waals surface area contributed by atoms with E-state index in [1.54, 1.807) is 6.07 Å². The van der Waals surface area contributed by atoms with Crippen LogP contribution in [0.3, 0.4) is 0 Å². The van der Waals surface area contributed by atoms with Crippen LogP contribution in [-0.2, 0) is 11.2 Å². The molecule has 0 atom stereocenters. The molecule has 0 fully saturated rings. The molecule has 4 heteroatoms. The van der Waals surface area contributed by atoms with E-state index in [2.05, 4.69) is 0 Å². The maximum atomic E-state index is 11.3. The van der Waals surface area contributed by atoms with Crippen molar-refractivity contribution < 1.29 is 20.1 Å². The van der Waals surface area contributed by atoms with Crippen LogP contribution in [-0.4, -0.2) is 21.3 Å². The summed E-state index contributed by atoms with van der Waals surface area (Å²) in [4.78, 5) is 11.3. The number of aryl methyl sites for hydroxylation is 1. The van der Waals surface area contributed by atoms with Gasteiger partial charge < -0.3 is 15.3 Å². The van der Waals surface area contributed by atoms with Crippen LogP contribution >= 0.6 is 0 Å². The molecular formula is C17H16O4. The third-order valence-electron chi connectivity index (χ3n) is 3.14. The zero-order valence-corrected chi connectivity index (χ0v) is 11.4. The van der Waals surface area contributed by atoms with Crippen molar-refractivity contribution in [2.24, 2.45) is 0 Å². The Morgan fingerprint density at radius 3 is 2.33 bits per heavy atom. The molecule has 0 bridgehead atoms. The molecule has 0 saturated carbocycles. The van der Waals surface area contributed by atoms with Crippen molar-refractivity contribution in [3.63, 3.8) is 0 Å². The molecule has 0 radical (unpaired) electrons. The minimum atomic E-state index is -0.988. The number of hydrogen-bond acceptors (Lipinski definition) is 3. The topological polar surface area (TPSA) is 77.8 Å². The van der Waals surface area contributed by atoms with Crippen LogP contribution in [0, 0.1) is 0 Å². The summed E-state index contributed by atoms with van der Waals surface area (Å²) >= 11 is 0. The molecule has 0 aliphatic rings. The predicted octanol–water partition coefficient (Wildman–Crippen LogP) is 3.20. The van der Waals surface area contributed by atoms with E-state index in [0.29, 0.717) is 18.4 Å². The van der Waals surface area contributed by atoms with Crippen molar-refractivity contribution in [2.45, 2.75) is 12.8 Å². The van der Waals surface area contributed by atoms with Crippen LogP contribution in [0.4, 0.5) is 0 Å². The lowest BCUT2D eigenvalue weighted by Gasteiger charge is -2.04. The predicted molar refractivity (Wildman–Crippen MR) is 80.1 cm³/mol. The number of carbonyl (C=O) groups is 1. The van der Waals surface area contributed by atoms with Crippen molar-refractivity contribution in [1.29, 1.82) is 0 Å². The summed E-state index contributed by atoms with van der Waals surface area (Å²) in [5, 5.41) is 27.9. The number of rotatable bonds is 5. The molecule has 0 amide bonds. The molecule has 108 valence electrons. The summed E-state index contributed by atoms with van der Waals surface area (Å²) in [6.45, 7) is 0. The van der Waals surface area contributed by atoms with Gasteiger partial charge in [0.25, 0.3) is 0 Å². The lowest BCUT2D eigenvalue weighted by molar-refractivity contribution is -0.132. The van der Waals surface area contributed by atoms with E-state index in [0.717, 1.165) is 5.56 Å². The van der Waals surface area contributed by atoms with Crippen molar-refractivity contribution >= 4 is 12.0 Å². The average molecular weight is 284 g/mol. The first kappa shape index (κ1) is 14.7. The van der Waals surface area contributed by atoms with Gasteiger partial charge in [-0.05, 0) is 42.2 Å². The molecule has 2 aromatic rings. The second-order valence-corrected chi connectivity index (χ2v) is 4.71. The summed E-state index contributed by atoms with van der Waals surface area (Å²) in [5.41, 5.74) is 1.86. The quantitative estimate of drug-likeness (QED) is 0.582. The Balaban J connectivity index is 2.16. The average Bonchev–Trinajstić information content (AvgIpc) is 2.48. The SMILES string of the molecule is O=C(O)C(=Cc1ccc(O)c(O)c1)CCc1ccccc1. The van der Waals surface area contributed by atoms with Crippen molar-refractivity contribution in [3.05, 3.63) is 65.2 Å². The summed E-state index contributed by atoms with van der Waals surface area (Å²) in [5.74, 6) is -1.48. The highest BCUT2D eigenvalue weighted by Gasteiger charge is 2.08. The molecule has 4 nitrogen and oxygen atoms in total. The molecule has 21 heavy (non-hydrogen) atoms. The van der Waals surface area contributed by atoms with Gasteiger partial charge in [0.1, 0.15) is 0 Å². The molecule has 3 N–H and O–H groups in total.